The number of amides is 4. The SMILES string of the molecule is CCCOc1ccc(CN2C(=O)NC(=O)/C(=C\c3cc(Br)ccc3OCc3ccc(Cl)cc3)C2=O)cc1OC. The van der Waals surface area contributed by atoms with Crippen molar-refractivity contribution in [3.8, 4) is 17.2 Å². The number of hydrogen-bond acceptors (Lipinski definition) is 6. The molecule has 1 aliphatic heterocycles. The van der Waals surface area contributed by atoms with Crippen molar-refractivity contribution < 1.29 is 28.6 Å². The maximum absolute atomic E-state index is 13.4. The van der Waals surface area contributed by atoms with Gasteiger partial charge in [0, 0.05) is 15.1 Å². The van der Waals surface area contributed by atoms with Gasteiger partial charge >= 0.3 is 6.03 Å². The second kappa shape index (κ2) is 12.8. The Morgan fingerprint density at radius 1 is 0.923 bits per heavy atom. The van der Waals surface area contributed by atoms with E-state index in [0.717, 1.165) is 21.4 Å². The first kappa shape index (κ1) is 28.2. The third-order valence-electron chi connectivity index (χ3n) is 5.80. The number of hydrogen-bond donors (Lipinski definition) is 1. The van der Waals surface area contributed by atoms with E-state index >= 15 is 0 Å². The fourth-order valence-corrected chi connectivity index (χ4v) is 4.33. The molecule has 4 amide bonds. The molecule has 3 aromatic rings. The van der Waals surface area contributed by atoms with E-state index in [9.17, 15) is 14.4 Å². The minimum absolute atomic E-state index is 0.0713. The van der Waals surface area contributed by atoms with Gasteiger partial charge in [-0.2, -0.15) is 0 Å². The van der Waals surface area contributed by atoms with Crippen LogP contribution in [0.1, 0.15) is 30.0 Å². The molecule has 0 radical (unpaired) electrons. The summed E-state index contributed by atoms with van der Waals surface area (Å²) in [7, 11) is 1.51. The summed E-state index contributed by atoms with van der Waals surface area (Å²) < 4.78 is 17.8. The number of carbonyl (C=O) groups is 3. The van der Waals surface area contributed by atoms with Crippen molar-refractivity contribution in [2.75, 3.05) is 13.7 Å². The van der Waals surface area contributed by atoms with E-state index in [-0.39, 0.29) is 18.7 Å². The molecule has 3 aromatic carbocycles. The lowest BCUT2D eigenvalue weighted by Crippen LogP contribution is -2.53. The van der Waals surface area contributed by atoms with Crippen molar-refractivity contribution in [1.29, 1.82) is 0 Å². The molecule has 0 unspecified atom stereocenters. The minimum atomic E-state index is -0.805. The molecule has 10 heteroatoms. The van der Waals surface area contributed by atoms with E-state index in [0.29, 0.717) is 40.0 Å². The van der Waals surface area contributed by atoms with Crippen LogP contribution in [0.3, 0.4) is 0 Å². The van der Waals surface area contributed by atoms with Crippen LogP contribution in [0, 0.1) is 0 Å². The number of rotatable bonds is 10. The topological polar surface area (TPSA) is 94.2 Å². The van der Waals surface area contributed by atoms with Gasteiger partial charge in [0.1, 0.15) is 17.9 Å². The van der Waals surface area contributed by atoms with Crippen LogP contribution in [0.2, 0.25) is 5.02 Å². The minimum Gasteiger partial charge on any atom is -0.493 e. The highest BCUT2D eigenvalue weighted by Crippen LogP contribution is 2.30. The molecule has 0 saturated carbocycles. The molecule has 39 heavy (non-hydrogen) atoms. The predicted octanol–water partition coefficient (Wildman–Crippen LogP) is 6.14. The lowest BCUT2D eigenvalue weighted by atomic mass is 10.1. The van der Waals surface area contributed by atoms with Crippen LogP contribution in [0.25, 0.3) is 6.08 Å². The van der Waals surface area contributed by atoms with Crippen LogP contribution in [0.15, 0.2) is 70.7 Å². The van der Waals surface area contributed by atoms with Crippen molar-refractivity contribution in [1.82, 2.24) is 10.2 Å². The number of methoxy groups -OCH3 is 1. The van der Waals surface area contributed by atoms with E-state index in [1.807, 2.05) is 19.1 Å². The Balaban J connectivity index is 1.58. The fourth-order valence-electron chi connectivity index (χ4n) is 3.82. The van der Waals surface area contributed by atoms with E-state index in [2.05, 4.69) is 21.2 Å². The zero-order valence-electron chi connectivity index (χ0n) is 21.3. The zero-order chi connectivity index (χ0) is 27.9. The van der Waals surface area contributed by atoms with Gasteiger partial charge in [-0.25, -0.2) is 4.79 Å². The molecule has 8 nitrogen and oxygen atoms in total. The summed E-state index contributed by atoms with van der Waals surface area (Å²) >= 11 is 9.38. The van der Waals surface area contributed by atoms with Gasteiger partial charge in [0.15, 0.2) is 11.5 Å². The van der Waals surface area contributed by atoms with Crippen LogP contribution in [0.4, 0.5) is 4.79 Å². The molecule has 1 N–H and O–H groups in total. The van der Waals surface area contributed by atoms with Crippen molar-refractivity contribution in [3.63, 3.8) is 0 Å². The average Bonchev–Trinajstić information content (AvgIpc) is 2.92. The lowest BCUT2D eigenvalue weighted by molar-refractivity contribution is -0.130. The Kier molecular flexibility index (Phi) is 9.27. The molecule has 1 fully saturated rings. The van der Waals surface area contributed by atoms with Gasteiger partial charge in [0.05, 0.1) is 20.3 Å². The first-order valence-corrected chi connectivity index (χ1v) is 13.3. The molecule has 202 valence electrons. The second-order valence-electron chi connectivity index (χ2n) is 8.64. The van der Waals surface area contributed by atoms with Gasteiger partial charge in [0.2, 0.25) is 0 Å². The summed E-state index contributed by atoms with van der Waals surface area (Å²) in [6.45, 7) is 2.70. The Bertz CT molecular complexity index is 1420. The zero-order valence-corrected chi connectivity index (χ0v) is 23.7. The fraction of sp³-hybridized carbons (Fsp3) is 0.207. The highest BCUT2D eigenvalue weighted by molar-refractivity contribution is 9.10. The Labute approximate surface area is 239 Å². The Morgan fingerprint density at radius 2 is 1.64 bits per heavy atom. The van der Waals surface area contributed by atoms with Crippen LogP contribution >= 0.6 is 27.5 Å². The summed E-state index contributed by atoms with van der Waals surface area (Å²) in [6, 6.07) is 16.8. The normalized spacial score (nSPS) is 14.4. The number of barbiturate groups is 1. The van der Waals surface area contributed by atoms with Crippen molar-refractivity contribution >= 4 is 51.5 Å². The number of carbonyl (C=O) groups excluding carboxylic acids is 3. The summed E-state index contributed by atoms with van der Waals surface area (Å²) in [5.74, 6) is -0.0103. The van der Waals surface area contributed by atoms with Crippen LogP contribution < -0.4 is 19.5 Å². The van der Waals surface area contributed by atoms with Gasteiger partial charge in [-0.3, -0.25) is 19.8 Å². The largest absolute Gasteiger partial charge is 0.493 e. The smallest absolute Gasteiger partial charge is 0.331 e. The highest BCUT2D eigenvalue weighted by Gasteiger charge is 2.36. The van der Waals surface area contributed by atoms with Crippen LogP contribution in [-0.2, 0) is 22.7 Å². The first-order valence-electron chi connectivity index (χ1n) is 12.1. The molecule has 0 atom stereocenters. The number of benzene rings is 3. The number of nitrogens with one attached hydrogen (secondary N) is 1. The van der Waals surface area contributed by atoms with E-state index in [1.165, 1.54) is 13.2 Å². The molecule has 1 aliphatic rings. The summed E-state index contributed by atoms with van der Waals surface area (Å²) in [6.07, 6.45) is 2.25. The molecule has 1 heterocycles. The number of imide groups is 2. The number of urea groups is 1. The second-order valence-corrected chi connectivity index (χ2v) is 9.99. The van der Waals surface area contributed by atoms with E-state index < -0.39 is 17.8 Å². The third kappa shape index (κ3) is 6.99. The molecule has 0 bridgehead atoms. The van der Waals surface area contributed by atoms with Crippen molar-refractivity contribution in [3.05, 3.63) is 92.4 Å². The van der Waals surface area contributed by atoms with Gasteiger partial charge in [-0.15, -0.1) is 0 Å². The van der Waals surface area contributed by atoms with E-state index in [1.54, 1.807) is 48.5 Å². The third-order valence-corrected chi connectivity index (χ3v) is 6.54. The quantitative estimate of drug-likeness (QED) is 0.218. The number of ether oxygens (including phenoxy) is 3. The van der Waals surface area contributed by atoms with Gasteiger partial charge in [0.25, 0.3) is 11.8 Å². The standard InChI is InChI=1S/C29H26BrClN2O6/c1-3-12-38-25-10-6-19(13-26(25)37-2)16-33-28(35)23(27(34)32-29(33)36)15-20-14-21(30)7-11-24(20)39-17-18-4-8-22(31)9-5-18/h4-11,13-15H,3,12,16-17H2,1-2H3,(H,32,34,36)/b23-15+. The van der Waals surface area contributed by atoms with Gasteiger partial charge in [-0.1, -0.05) is 52.7 Å². The number of nitrogens with zero attached hydrogens (tertiary/aromatic N) is 1. The molecule has 1 saturated heterocycles. The van der Waals surface area contributed by atoms with Gasteiger partial charge in [-0.05, 0) is 66.1 Å². The molecule has 0 aromatic heterocycles. The van der Waals surface area contributed by atoms with Gasteiger partial charge < -0.3 is 14.2 Å². The summed E-state index contributed by atoms with van der Waals surface area (Å²) in [5, 5.41) is 2.87. The Hall–Kier alpha value is -3.82. The first-order chi connectivity index (χ1) is 18.8. The highest BCUT2D eigenvalue weighted by atomic mass is 79.9. The molecule has 0 spiro atoms. The molecular weight excluding hydrogens is 588 g/mol. The average molecular weight is 614 g/mol. The van der Waals surface area contributed by atoms with Crippen molar-refractivity contribution in [2.45, 2.75) is 26.5 Å². The number of halogens is 2. The van der Waals surface area contributed by atoms with Crippen LogP contribution in [0.5, 0.6) is 17.2 Å². The van der Waals surface area contributed by atoms with E-state index in [4.69, 9.17) is 25.8 Å². The van der Waals surface area contributed by atoms with Crippen molar-refractivity contribution in [2.24, 2.45) is 0 Å². The summed E-state index contributed by atoms with van der Waals surface area (Å²) in [4.78, 5) is 39.7. The maximum atomic E-state index is 13.4. The molecular formula is C29H26BrClN2O6. The lowest BCUT2D eigenvalue weighted by Gasteiger charge is -2.26. The maximum Gasteiger partial charge on any atom is 0.331 e. The predicted molar refractivity (Wildman–Crippen MR) is 151 cm³/mol. The molecule has 4 rings (SSSR count). The Morgan fingerprint density at radius 3 is 2.36 bits per heavy atom. The monoisotopic (exact) mass is 612 g/mol. The summed E-state index contributed by atoms with van der Waals surface area (Å²) in [5.41, 5.74) is 1.82. The molecule has 0 aliphatic carbocycles. The van der Waals surface area contributed by atoms with Crippen LogP contribution in [-0.4, -0.2) is 36.5 Å².